The molecule has 0 aliphatic heterocycles. The van der Waals surface area contributed by atoms with Crippen LogP contribution in [0.1, 0.15) is 19.4 Å². The average Bonchev–Trinajstić information content (AvgIpc) is 2.36. The van der Waals surface area contributed by atoms with Gasteiger partial charge in [-0.15, -0.1) is 0 Å². The van der Waals surface area contributed by atoms with Crippen LogP contribution in [0.4, 0.5) is 4.39 Å². The summed E-state index contributed by atoms with van der Waals surface area (Å²) in [6, 6.07) is 3.07. The van der Waals surface area contributed by atoms with Crippen LogP contribution in [-0.4, -0.2) is 23.0 Å². The molecule has 0 aromatic heterocycles. The zero-order valence-corrected chi connectivity index (χ0v) is 11.8. The number of nitrogens with one attached hydrogen (secondary N) is 1. The summed E-state index contributed by atoms with van der Waals surface area (Å²) in [4.78, 5) is 22.6. The van der Waals surface area contributed by atoms with Gasteiger partial charge in [0.15, 0.2) is 0 Å². The fraction of sp³-hybridized carbons (Fsp3) is 0.286. The van der Waals surface area contributed by atoms with Gasteiger partial charge in [-0.1, -0.05) is 31.5 Å². The molecule has 0 saturated heterocycles. The van der Waals surface area contributed by atoms with Crippen molar-refractivity contribution in [2.45, 2.75) is 19.9 Å². The standard InChI is InChI=1S/C14H15ClFNO3/c1-8(2)13(14(19)20)17-12(18)6-4-9-3-5-11(16)10(15)7-9/h3-8,13H,1-2H3,(H,17,18)(H,19,20)/t13-/m1/s1. The van der Waals surface area contributed by atoms with Crippen molar-refractivity contribution in [1.29, 1.82) is 0 Å². The highest BCUT2D eigenvalue weighted by atomic mass is 35.5. The van der Waals surface area contributed by atoms with Crippen molar-refractivity contribution in [3.05, 3.63) is 40.7 Å². The van der Waals surface area contributed by atoms with Crippen LogP contribution in [0.25, 0.3) is 6.08 Å². The van der Waals surface area contributed by atoms with E-state index >= 15 is 0 Å². The van der Waals surface area contributed by atoms with Gasteiger partial charge in [0.25, 0.3) is 0 Å². The van der Waals surface area contributed by atoms with E-state index in [2.05, 4.69) is 5.32 Å². The number of halogens is 2. The predicted octanol–water partition coefficient (Wildman–Crippen LogP) is 2.72. The molecule has 0 spiro atoms. The molecule has 2 N–H and O–H groups in total. The van der Waals surface area contributed by atoms with Gasteiger partial charge >= 0.3 is 5.97 Å². The maximum atomic E-state index is 12.9. The summed E-state index contributed by atoms with van der Waals surface area (Å²) in [7, 11) is 0. The van der Waals surface area contributed by atoms with Crippen LogP contribution in [0.5, 0.6) is 0 Å². The Morgan fingerprint density at radius 3 is 2.55 bits per heavy atom. The van der Waals surface area contributed by atoms with Crippen LogP contribution in [-0.2, 0) is 9.59 Å². The van der Waals surface area contributed by atoms with Crippen LogP contribution >= 0.6 is 11.6 Å². The van der Waals surface area contributed by atoms with Gasteiger partial charge in [-0.25, -0.2) is 9.18 Å². The topological polar surface area (TPSA) is 66.4 Å². The summed E-state index contributed by atoms with van der Waals surface area (Å²) in [5.41, 5.74) is 0.544. The highest BCUT2D eigenvalue weighted by Gasteiger charge is 2.22. The zero-order chi connectivity index (χ0) is 15.3. The van der Waals surface area contributed by atoms with Gasteiger partial charge in [0, 0.05) is 6.08 Å². The average molecular weight is 300 g/mol. The number of rotatable bonds is 5. The van der Waals surface area contributed by atoms with E-state index in [1.807, 2.05) is 0 Å². The minimum Gasteiger partial charge on any atom is -0.480 e. The fourth-order valence-corrected chi connectivity index (χ4v) is 1.69. The number of hydrogen-bond acceptors (Lipinski definition) is 2. The number of carboxylic acids is 1. The Morgan fingerprint density at radius 2 is 2.05 bits per heavy atom. The molecule has 4 nitrogen and oxygen atoms in total. The second-order valence-electron chi connectivity index (χ2n) is 4.58. The number of benzene rings is 1. The van der Waals surface area contributed by atoms with E-state index in [1.165, 1.54) is 30.4 Å². The van der Waals surface area contributed by atoms with Crippen LogP contribution in [0.2, 0.25) is 5.02 Å². The van der Waals surface area contributed by atoms with Gasteiger partial charge in [0.05, 0.1) is 5.02 Å². The molecule has 1 amide bonds. The van der Waals surface area contributed by atoms with Gasteiger partial charge in [-0.05, 0) is 29.7 Å². The molecular formula is C14H15ClFNO3. The largest absolute Gasteiger partial charge is 0.480 e. The van der Waals surface area contributed by atoms with Crippen LogP contribution in [0.15, 0.2) is 24.3 Å². The molecule has 0 fully saturated rings. The third-order valence-corrected chi connectivity index (χ3v) is 2.89. The van der Waals surface area contributed by atoms with Crippen molar-refractivity contribution in [1.82, 2.24) is 5.32 Å². The third-order valence-electron chi connectivity index (χ3n) is 2.60. The normalized spacial score (nSPS) is 12.7. The number of aliphatic carboxylic acids is 1. The van der Waals surface area contributed by atoms with E-state index in [0.29, 0.717) is 5.56 Å². The summed E-state index contributed by atoms with van der Waals surface area (Å²) in [6.07, 6.45) is 2.61. The molecule has 108 valence electrons. The summed E-state index contributed by atoms with van der Waals surface area (Å²) in [5, 5.41) is 11.3. The lowest BCUT2D eigenvalue weighted by Crippen LogP contribution is -2.43. The molecule has 1 atom stereocenters. The van der Waals surface area contributed by atoms with Crippen molar-refractivity contribution >= 4 is 29.6 Å². The zero-order valence-electron chi connectivity index (χ0n) is 11.1. The first-order valence-electron chi connectivity index (χ1n) is 5.97. The molecule has 0 saturated carbocycles. The maximum absolute atomic E-state index is 12.9. The maximum Gasteiger partial charge on any atom is 0.326 e. The lowest BCUT2D eigenvalue weighted by molar-refractivity contribution is -0.142. The molecule has 6 heteroatoms. The second kappa shape index (κ2) is 7.05. The number of carbonyl (C=O) groups is 2. The van der Waals surface area contributed by atoms with E-state index in [4.69, 9.17) is 16.7 Å². The number of amides is 1. The predicted molar refractivity (Wildman–Crippen MR) is 74.8 cm³/mol. The Balaban J connectivity index is 2.72. The Bertz CT molecular complexity index is 543. The molecule has 20 heavy (non-hydrogen) atoms. The van der Waals surface area contributed by atoms with Crippen molar-refractivity contribution in [3.8, 4) is 0 Å². The molecule has 0 unspecified atom stereocenters. The Morgan fingerprint density at radius 1 is 1.40 bits per heavy atom. The minimum atomic E-state index is -1.09. The van der Waals surface area contributed by atoms with Crippen LogP contribution < -0.4 is 5.32 Å². The van der Waals surface area contributed by atoms with Crippen molar-refractivity contribution in [2.75, 3.05) is 0 Å². The van der Waals surface area contributed by atoms with E-state index in [-0.39, 0.29) is 10.9 Å². The van der Waals surface area contributed by atoms with Gasteiger partial charge in [-0.2, -0.15) is 0 Å². The highest BCUT2D eigenvalue weighted by Crippen LogP contribution is 2.16. The van der Waals surface area contributed by atoms with E-state index in [1.54, 1.807) is 13.8 Å². The molecule has 1 aromatic rings. The first-order valence-corrected chi connectivity index (χ1v) is 6.35. The first kappa shape index (κ1) is 16.2. The van der Waals surface area contributed by atoms with Crippen molar-refractivity contribution in [2.24, 2.45) is 5.92 Å². The van der Waals surface area contributed by atoms with Crippen molar-refractivity contribution in [3.63, 3.8) is 0 Å². The molecule has 0 radical (unpaired) electrons. The molecule has 1 rings (SSSR count). The lowest BCUT2D eigenvalue weighted by Gasteiger charge is -2.16. The van der Waals surface area contributed by atoms with Gasteiger partial charge in [0.1, 0.15) is 11.9 Å². The van der Waals surface area contributed by atoms with Gasteiger partial charge in [-0.3, -0.25) is 4.79 Å². The van der Waals surface area contributed by atoms with Gasteiger partial charge < -0.3 is 10.4 Å². The molecule has 0 aliphatic rings. The lowest BCUT2D eigenvalue weighted by atomic mass is 10.0. The summed E-state index contributed by atoms with van der Waals surface area (Å²) >= 11 is 5.61. The molecule has 1 aromatic carbocycles. The van der Waals surface area contributed by atoms with E-state index in [0.717, 1.165) is 0 Å². The van der Waals surface area contributed by atoms with Crippen LogP contribution in [0.3, 0.4) is 0 Å². The Hall–Kier alpha value is -1.88. The quantitative estimate of drug-likeness (QED) is 0.822. The van der Waals surface area contributed by atoms with E-state index < -0.39 is 23.7 Å². The number of hydrogen-bond donors (Lipinski definition) is 2. The monoisotopic (exact) mass is 299 g/mol. The smallest absolute Gasteiger partial charge is 0.326 e. The molecule has 0 aliphatic carbocycles. The highest BCUT2D eigenvalue weighted by molar-refractivity contribution is 6.30. The van der Waals surface area contributed by atoms with Crippen molar-refractivity contribution < 1.29 is 19.1 Å². The van der Waals surface area contributed by atoms with E-state index in [9.17, 15) is 14.0 Å². The second-order valence-corrected chi connectivity index (χ2v) is 4.98. The third kappa shape index (κ3) is 4.66. The first-order chi connectivity index (χ1) is 9.31. The Kier molecular flexibility index (Phi) is 5.70. The minimum absolute atomic E-state index is 0.0434. The summed E-state index contributed by atoms with van der Waals surface area (Å²) < 4.78 is 12.9. The molecular weight excluding hydrogens is 285 g/mol. The summed E-state index contributed by atoms with van der Waals surface area (Å²) in [6.45, 7) is 3.39. The van der Waals surface area contributed by atoms with Gasteiger partial charge in [0.2, 0.25) is 5.91 Å². The molecule has 0 bridgehead atoms. The summed E-state index contributed by atoms with van der Waals surface area (Å²) in [5.74, 6) is -2.40. The number of carbonyl (C=O) groups excluding carboxylic acids is 1. The van der Waals surface area contributed by atoms with Crippen LogP contribution in [0, 0.1) is 11.7 Å². The molecule has 0 heterocycles. The number of carboxylic acid groups (broad SMARTS) is 1. The Labute approximate surface area is 121 Å². The fourth-order valence-electron chi connectivity index (χ4n) is 1.50. The SMILES string of the molecule is CC(C)[C@@H](NC(=O)C=Cc1ccc(F)c(Cl)c1)C(=O)O.